The quantitative estimate of drug-likeness (QED) is 0.874. The van der Waals surface area contributed by atoms with E-state index in [-0.39, 0.29) is 5.54 Å². The SMILES string of the molecule is CCc1cc(CC(NC)C(C)(C)N2CCCCC2)n(C)n1. The van der Waals surface area contributed by atoms with Crippen molar-refractivity contribution in [3.8, 4) is 0 Å². The fraction of sp³-hybridized carbons (Fsp3) is 0.824. The summed E-state index contributed by atoms with van der Waals surface area (Å²) in [6, 6.07) is 2.70. The molecule has 4 nitrogen and oxygen atoms in total. The molecule has 1 aliphatic heterocycles. The lowest BCUT2D eigenvalue weighted by atomic mass is 9.87. The van der Waals surface area contributed by atoms with Crippen molar-refractivity contribution in [3.05, 3.63) is 17.5 Å². The maximum Gasteiger partial charge on any atom is 0.0624 e. The van der Waals surface area contributed by atoms with Crippen molar-refractivity contribution in [2.45, 2.75) is 64.5 Å². The summed E-state index contributed by atoms with van der Waals surface area (Å²) in [5.41, 5.74) is 2.70. The Morgan fingerprint density at radius 2 is 1.95 bits per heavy atom. The van der Waals surface area contributed by atoms with Crippen LogP contribution in [0.4, 0.5) is 0 Å². The van der Waals surface area contributed by atoms with Crippen LogP contribution in [0.3, 0.4) is 0 Å². The van der Waals surface area contributed by atoms with Crippen molar-refractivity contribution in [2.75, 3.05) is 20.1 Å². The van der Waals surface area contributed by atoms with Crippen LogP contribution in [0.15, 0.2) is 6.07 Å². The summed E-state index contributed by atoms with van der Waals surface area (Å²) in [4.78, 5) is 2.66. The van der Waals surface area contributed by atoms with Gasteiger partial charge in [0.1, 0.15) is 0 Å². The van der Waals surface area contributed by atoms with E-state index >= 15 is 0 Å². The summed E-state index contributed by atoms with van der Waals surface area (Å²) in [6.07, 6.45) is 6.10. The maximum absolute atomic E-state index is 4.59. The summed E-state index contributed by atoms with van der Waals surface area (Å²) in [7, 11) is 4.16. The molecule has 1 unspecified atom stereocenters. The Kier molecular flexibility index (Phi) is 5.44. The van der Waals surface area contributed by atoms with E-state index in [9.17, 15) is 0 Å². The standard InChI is InChI=1S/C17H32N4/c1-6-14-12-15(20(5)19-14)13-16(18-4)17(2,3)21-10-8-7-9-11-21/h12,16,18H,6-11,13H2,1-5H3. The van der Waals surface area contributed by atoms with Gasteiger partial charge in [0.25, 0.3) is 0 Å². The van der Waals surface area contributed by atoms with Crippen LogP contribution in [0.25, 0.3) is 0 Å². The zero-order chi connectivity index (χ0) is 15.5. The zero-order valence-corrected chi connectivity index (χ0v) is 14.4. The largest absolute Gasteiger partial charge is 0.315 e. The Morgan fingerprint density at radius 1 is 1.29 bits per heavy atom. The molecule has 0 amide bonds. The number of likely N-dealkylation sites (tertiary alicyclic amines) is 1. The van der Waals surface area contributed by atoms with Gasteiger partial charge in [-0.05, 0) is 59.3 Å². The number of aromatic nitrogens is 2. The molecule has 120 valence electrons. The molecule has 1 aliphatic rings. The van der Waals surface area contributed by atoms with Gasteiger partial charge in [0.2, 0.25) is 0 Å². The predicted molar refractivity (Wildman–Crippen MR) is 88.6 cm³/mol. The first-order valence-electron chi connectivity index (χ1n) is 8.43. The zero-order valence-electron chi connectivity index (χ0n) is 14.4. The van der Waals surface area contributed by atoms with Crippen molar-refractivity contribution in [1.29, 1.82) is 0 Å². The van der Waals surface area contributed by atoms with Crippen molar-refractivity contribution >= 4 is 0 Å². The van der Waals surface area contributed by atoms with Crippen molar-refractivity contribution < 1.29 is 0 Å². The topological polar surface area (TPSA) is 33.1 Å². The van der Waals surface area contributed by atoms with Gasteiger partial charge >= 0.3 is 0 Å². The lowest BCUT2D eigenvalue weighted by molar-refractivity contribution is 0.0630. The van der Waals surface area contributed by atoms with Crippen LogP contribution in [-0.4, -0.2) is 46.4 Å². The van der Waals surface area contributed by atoms with Crippen LogP contribution in [-0.2, 0) is 19.9 Å². The van der Waals surface area contributed by atoms with Crippen molar-refractivity contribution in [3.63, 3.8) is 0 Å². The molecule has 0 radical (unpaired) electrons. The molecule has 2 heterocycles. The summed E-state index contributed by atoms with van der Waals surface area (Å²) in [5.74, 6) is 0. The maximum atomic E-state index is 4.59. The number of nitrogens with one attached hydrogen (secondary N) is 1. The molecule has 1 fully saturated rings. The van der Waals surface area contributed by atoms with Crippen LogP contribution in [0.5, 0.6) is 0 Å². The lowest BCUT2D eigenvalue weighted by Crippen LogP contribution is -2.59. The van der Waals surface area contributed by atoms with Crippen LogP contribution >= 0.6 is 0 Å². The van der Waals surface area contributed by atoms with Crippen molar-refractivity contribution in [1.82, 2.24) is 20.0 Å². The lowest BCUT2D eigenvalue weighted by Gasteiger charge is -2.46. The Morgan fingerprint density at radius 3 is 2.48 bits per heavy atom. The molecular formula is C17H32N4. The van der Waals surface area contributed by atoms with Crippen molar-refractivity contribution in [2.24, 2.45) is 7.05 Å². The number of rotatable bonds is 6. The second kappa shape index (κ2) is 6.93. The molecule has 1 saturated heterocycles. The number of aryl methyl sites for hydroxylation is 2. The number of likely N-dealkylation sites (N-methyl/N-ethyl adjacent to an activating group) is 1. The third-order valence-corrected chi connectivity index (χ3v) is 5.18. The van der Waals surface area contributed by atoms with E-state index in [4.69, 9.17) is 0 Å². The second-order valence-corrected chi connectivity index (χ2v) is 6.85. The molecule has 0 spiro atoms. The van der Waals surface area contributed by atoms with Gasteiger partial charge in [0, 0.05) is 30.7 Å². The third-order valence-electron chi connectivity index (χ3n) is 5.18. The molecule has 0 bridgehead atoms. The summed E-state index contributed by atoms with van der Waals surface area (Å²) in [6.45, 7) is 9.40. The number of hydrogen-bond donors (Lipinski definition) is 1. The highest BCUT2D eigenvalue weighted by molar-refractivity contribution is 5.13. The predicted octanol–water partition coefficient (Wildman–Crippen LogP) is 2.38. The summed E-state index contributed by atoms with van der Waals surface area (Å²) < 4.78 is 2.05. The molecule has 0 aliphatic carbocycles. The van der Waals surface area contributed by atoms with Crippen LogP contribution in [0.1, 0.15) is 51.4 Å². The normalized spacial score (nSPS) is 18.9. The number of hydrogen-bond acceptors (Lipinski definition) is 3. The van der Waals surface area contributed by atoms with E-state index in [1.807, 2.05) is 0 Å². The van der Waals surface area contributed by atoms with Crippen LogP contribution in [0.2, 0.25) is 0 Å². The van der Waals surface area contributed by atoms with E-state index in [0.717, 1.165) is 12.8 Å². The smallest absolute Gasteiger partial charge is 0.0624 e. The molecule has 1 aromatic rings. The van der Waals surface area contributed by atoms with Gasteiger partial charge in [0.15, 0.2) is 0 Å². The first-order valence-corrected chi connectivity index (χ1v) is 8.43. The monoisotopic (exact) mass is 292 g/mol. The molecule has 1 N–H and O–H groups in total. The van der Waals surface area contributed by atoms with Gasteiger partial charge in [-0.2, -0.15) is 5.10 Å². The summed E-state index contributed by atoms with van der Waals surface area (Å²) in [5, 5.41) is 8.15. The van der Waals surface area contributed by atoms with Crippen LogP contribution in [0, 0.1) is 0 Å². The van der Waals surface area contributed by atoms with Gasteiger partial charge in [-0.3, -0.25) is 9.58 Å². The first-order chi connectivity index (χ1) is 9.98. The molecule has 4 heteroatoms. The fourth-order valence-electron chi connectivity index (χ4n) is 3.54. The highest BCUT2D eigenvalue weighted by atomic mass is 15.3. The van der Waals surface area contributed by atoms with E-state index < -0.39 is 0 Å². The Bertz CT molecular complexity index is 444. The summed E-state index contributed by atoms with van der Waals surface area (Å²) >= 11 is 0. The Labute approximate surface area is 129 Å². The highest BCUT2D eigenvalue weighted by Gasteiger charge is 2.35. The van der Waals surface area contributed by atoms with E-state index in [1.54, 1.807) is 0 Å². The Balaban J connectivity index is 2.11. The number of nitrogens with zero attached hydrogens (tertiary/aromatic N) is 3. The molecule has 0 saturated carbocycles. The van der Waals surface area contributed by atoms with Crippen LogP contribution < -0.4 is 5.32 Å². The van der Waals surface area contributed by atoms with Gasteiger partial charge in [-0.1, -0.05) is 13.3 Å². The van der Waals surface area contributed by atoms with Gasteiger partial charge in [0.05, 0.1) is 5.69 Å². The second-order valence-electron chi connectivity index (χ2n) is 6.85. The molecule has 2 rings (SSSR count). The molecular weight excluding hydrogens is 260 g/mol. The minimum absolute atomic E-state index is 0.172. The van der Waals surface area contributed by atoms with Gasteiger partial charge in [-0.25, -0.2) is 0 Å². The highest BCUT2D eigenvalue weighted by Crippen LogP contribution is 2.26. The molecule has 1 aromatic heterocycles. The average molecular weight is 292 g/mol. The fourth-order valence-corrected chi connectivity index (χ4v) is 3.54. The average Bonchev–Trinajstić information content (AvgIpc) is 2.85. The first kappa shape index (κ1) is 16.5. The van der Waals surface area contributed by atoms with Gasteiger partial charge in [-0.15, -0.1) is 0 Å². The molecule has 21 heavy (non-hydrogen) atoms. The molecule has 1 atom stereocenters. The van der Waals surface area contributed by atoms with E-state index in [1.165, 1.54) is 43.7 Å². The Hall–Kier alpha value is -0.870. The van der Waals surface area contributed by atoms with E-state index in [2.05, 4.69) is 60.9 Å². The molecule has 0 aromatic carbocycles. The third kappa shape index (κ3) is 3.67. The minimum atomic E-state index is 0.172. The van der Waals surface area contributed by atoms with Gasteiger partial charge < -0.3 is 5.32 Å². The minimum Gasteiger partial charge on any atom is -0.315 e. The van der Waals surface area contributed by atoms with E-state index in [0.29, 0.717) is 6.04 Å². The number of piperidine rings is 1.